The van der Waals surface area contributed by atoms with Crippen LogP contribution in [-0.4, -0.2) is 36.8 Å². The molecule has 1 aliphatic heterocycles. The number of hydrogen-bond acceptors (Lipinski definition) is 5. The lowest BCUT2D eigenvalue weighted by Gasteiger charge is -2.31. The van der Waals surface area contributed by atoms with Gasteiger partial charge in [-0.1, -0.05) is 12.1 Å². The summed E-state index contributed by atoms with van der Waals surface area (Å²) in [5.41, 5.74) is 5.30. The van der Waals surface area contributed by atoms with Crippen molar-refractivity contribution in [2.24, 2.45) is 0 Å². The quantitative estimate of drug-likeness (QED) is 0.317. The third kappa shape index (κ3) is 4.19. The summed E-state index contributed by atoms with van der Waals surface area (Å²) in [6.07, 6.45) is 6.70. The van der Waals surface area contributed by atoms with E-state index >= 15 is 0 Å². The third-order valence-electron chi connectivity index (χ3n) is 7.50. The zero-order chi connectivity index (χ0) is 26.2. The van der Waals surface area contributed by atoms with E-state index in [2.05, 4.69) is 34.3 Å². The van der Waals surface area contributed by atoms with E-state index in [9.17, 15) is 4.79 Å². The molecule has 196 valence electrons. The molecule has 2 aromatic carbocycles. The van der Waals surface area contributed by atoms with Crippen LogP contribution in [0.2, 0.25) is 0 Å². The average molecular weight is 530 g/mol. The number of urea groups is 1. The zero-order valence-electron chi connectivity index (χ0n) is 21.8. The van der Waals surface area contributed by atoms with E-state index in [1.807, 2.05) is 46.6 Å². The van der Waals surface area contributed by atoms with Crippen molar-refractivity contribution in [3.05, 3.63) is 88.1 Å². The summed E-state index contributed by atoms with van der Waals surface area (Å²) in [5, 5.41) is 4.36. The van der Waals surface area contributed by atoms with Crippen molar-refractivity contribution in [3.63, 3.8) is 0 Å². The van der Waals surface area contributed by atoms with Gasteiger partial charge in [-0.25, -0.2) is 4.79 Å². The van der Waals surface area contributed by atoms with Gasteiger partial charge in [-0.15, -0.1) is 11.3 Å². The number of amides is 2. The Hall–Kier alpha value is -3.91. The fourth-order valence-electron chi connectivity index (χ4n) is 5.64. The number of carbonyl (C=O) groups is 1. The number of nitrogens with one attached hydrogen (secondary N) is 1. The molecule has 1 atom stereocenters. The number of rotatable bonds is 5. The molecule has 0 saturated carbocycles. The van der Waals surface area contributed by atoms with E-state index in [1.165, 1.54) is 33.8 Å². The average Bonchev–Trinajstić information content (AvgIpc) is 3.55. The normalized spacial score (nSPS) is 16.1. The van der Waals surface area contributed by atoms with Gasteiger partial charge in [0.15, 0.2) is 0 Å². The van der Waals surface area contributed by atoms with Gasteiger partial charge in [0.2, 0.25) is 0 Å². The maximum absolute atomic E-state index is 14.2. The molecule has 3 heterocycles. The number of thiophene rings is 1. The summed E-state index contributed by atoms with van der Waals surface area (Å²) in [6, 6.07) is 17.1. The van der Waals surface area contributed by atoms with Crippen molar-refractivity contribution < 1.29 is 19.0 Å². The SMILES string of the molecule is COc1cccc([C@H]2c3cccn3-c3sc4c(c3CN2C(=O)Nc2ccc(OC)cc2OC)CCCC4)c1. The first-order chi connectivity index (χ1) is 18.6. The van der Waals surface area contributed by atoms with Crippen LogP contribution in [0, 0.1) is 0 Å². The second-order valence-electron chi connectivity index (χ2n) is 9.60. The van der Waals surface area contributed by atoms with Gasteiger partial charge >= 0.3 is 6.03 Å². The molecule has 6 rings (SSSR count). The van der Waals surface area contributed by atoms with Crippen LogP contribution in [0.15, 0.2) is 60.8 Å². The Morgan fingerprint density at radius 3 is 2.55 bits per heavy atom. The highest BCUT2D eigenvalue weighted by molar-refractivity contribution is 7.15. The van der Waals surface area contributed by atoms with E-state index in [0.717, 1.165) is 29.8 Å². The van der Waals surface area contributed by atoms with Crippen LogP contribution in [0.3, 0.4) is 0 Å². The molecule has 0 spiro atoms. The summed E-state index contributed by atoms with van der Waals surface area (Å²) in [7, 11) is 4.86. The number of aryl methyl sites for hydroxylation is 1. The number of fused-ring (bicyclic) bond motifs is 5. The number of methoxy groups -OCH3 is 3. The van der Waals surface area contributed by atoms with Crippen molar-refractivity contribution in [3.8, 4) is 22.2 Å². The summed E-state index contributed by atoms with van der Waals surface area (Å²) in [6.45, 7) is 0.509. The number of ether oxygens (including phenoxy) is 3. The molecule has 38 heavy (non-hydrogen) atoms. The molecule has 0 saturated heterocycles. The lowest BCUT2D eigenvalue weighted by molar-refractivity contribution is 0.194. The highest BCUT2D eigenvalue weighted by Crippen LogP contribution is 2.44. The van der Waals surface area contributed by atoms with Gasteiger partial charge in [0, 0.05) is 22.7 Å². The van der Waals surface area contributed by atoms with Crippen molar-refractivity contribution in [2.75, 3.05) is 26.6 Å². The summed E-state index contributed by atoms with van der Waals surface area (Å²) in [5.74, 6) is 1.97. The molecule has 0 bridgehead atoms. The summed E-state index contributed by atoms with van der Waals surface area (Å²) >= 11 is 1.88. The monoisotopic (exact) mass is 529 g/mol. The number of carbonyl (C=O) groups excluding carboxylic acids is 1. The first kappa shape index (κ1) is 24.4. The molecule has 8 heteroatoms. The summed E-state index contributed by atoms with van der Waals surface area (Å²) in [4.78, 5) is 17.6. The fraction of sp³-hybridized carbons (Fsp3) is 0.300. The zero-order valence-corrected chi connectivity index (χ0v) is 22.6. The van der Waals surface area contributed by atoms with Gasteiger partial charge in [0.05, 0.1) is 45.3 Å². The number of anilines is 1. The molecular formula is C30H31N3O4S. The Morgan fingerprint density at radius 2 is 1.74 bits per heavy atom. The summed E-state index contributed by atoms with van der Waals surface area (Å²) < 4.78 is 18.8. The standard InChI is InChI=1S/C30H31N3O4S/c1-35-20-9-6-8-19(16-20)28-25-11-7-15-32(25)29-23(22-10-4-5-12-27(22)38-29)18-33(28)30(34)31-24-14-13-21(36-2)17-26(24)37-3/h6-9,11,13-17,28H,4-5,10,12,18H2,1-3H3,(H,31,34)/t28-/m0/s1. The lowest BCUT2D eigenvalue weighted by atomic mass is 9.95. The Labute approximate surface area is 226 Å². The molecule has 7 nitrogen and oxygen atoms in total. The van der Waals surface area contributed by atoms with Gasteiger partial charge in [-0.05, 0) is 73.2 Å². The van der Waals surface area contributed by atoms with Gasteiger partial charge in [-0.2, -0.15) is 0 Å². The van der Waals surface area contributed by atoms with Gasteiger partial charge in [0.1, 0.15) is 22.2 Å². The largest absolute Gasteiger partial charge is 0.497 e. The van der Waals surface area contributed by atoms with Gasteiger partial charge in [-0.3, -0.25) is 0 Å². The highest BCUT2D eigenvalue weighted by atomic mass is 32.1. The Morgan fingerprint density at radius 1 is 0.921 bits per heavy atom. The number of aromatic nitrogens is 1. The van der Waals surface area contributed by atoms with Crippen molar-refractivity contribution in [1.82, 2.24) is 9.47 Å². The van der Waals surface area contributed by atoms with Crippen molar-refractivity contribution in [2.45, 2.75) is 38.3 Å². The van der Waals surface area contributed by atoms with Crippen LogP contribution in [0.5, 0.6) is 17.2 Å². The smallest absolute Gasteiger partial charge is 0.323 e. The first-order valence-corrected chi connectivity index (χ1v) is 13.7. The first-order valence-electron chi connectivity index (χ1n) is 12.9. The van der Waals surface area contributed by atoms with Crippen LogP contribution in [0.1, 0.15) is 46.1 Å². The maximum atomic E-state index is 14.2. The lowest BCUT2D eigenvalue weighted by Crippen LogP contribution is -2.38. The predicted molar refractivity (Wildman–Crippen MR) is 149 cm³/mol. The molecule has 0 radical (unpaired) electrons. The topological polar surface area (TPSA) is 65.0 Å². The molecule has 4 aromatic rings. The van der Waals surface area contributed by atoms with E-state index in [4.69, 9.17) is 14.2 Å². The minimum absolute atomic E-state index is 0.197. The van der Waals surface area contributed by atoms with Crippen LogP contribution in [0.25, 0.3) is 5.00 Å². The van der Waals surface area contributed by atoms with E-state index < -0.39 is 0 Å². The van der Waals surface area contributed by atoms with E-state index in [0.29, 0.717) is 23.7 Å². The van der Waals surface area contributed by atoms with Crippen LogP contribution in [0.4, 0.5) is 10.5 Å². The minimum Gasteiger partial charge on any atom is -0.497 e. The second-order valence-corrected chi connectivity index (χ2v) is 10.7. The van der Waals surface area contributed by atoms with Crippen LogP contribution < -0.4 is 19.5 Å². The molecule has 1 aliphatic carbocycles. The van der Waals surface area contributed by atoms with Crippen LogP contribution >= 0.6 is 11.3 Å². The van der Waals surface area contributed by atoms with Gasteiger partial charge in [0.25, 0.3) is 0 Å². The third-order valence-corrected chi connectivity index (χ3v) is 8.83. The molecule has 2 aromatic heterocycles. The van der Waals surface area contributed by atoms with Crippen molar-refractivity contribution >= 4 is 23.1 Å². The Kier molecular flexibility index (Phi) is 6.49. The number of nitrogens with zero attached hydrogens (tertiary/aromatic N) is 2. The Balaban J connectivity index is 1.48. The van der Waals surface area contributed by atoms with Crippen LogP contribution in [-0.2, 0) is 19.4 Å². The molecule has 2 amide bonds. The molecule has 1 N–H and O–H groups in total. The second kappa shape index (κ2) is 10.1. The van der Waals surface area contributed by atoms with E-state index in [-0.39, 0.29) is 12.1 Å². The predicted octanol–water partition coefficient (Wildman–Crippen LogP) is 6.58. The number of hydrogen-bond donors (Lipinski definition) is 1. The van der Waals surface area contributed by atoms with Gasteiger partial charge < -0.3 is 29.0 Å². The molecular weight excluding hydrogens is 498 g/mol. The maximum Gasteiger partial charge on any atom is 0.323 e. The fourth-order valence-corrected chi connectivity index (χ4v) is 7.04. The minimum atomic E-state index is -0.316. The number of benzene rings is 2. The highest BCUT2D eigenvalue weighted by Gasteiger charge is 2.36. The molecule has 0 unspecified atom stereocenters. The van der Waals surface area contributed by atoms with Crippen molar-refractivity contribution in [1.29, 1.82) is 0 Å². The Bertz CT molecular complexity index is 1490. The van der Waals surface area contributed by atoms with E-state index in [1.54, 1.807) is 27.4 Å². The molecule has 2 aliphatic rings. The molecule has 0 fully saturated rings.